The second-order valence-electron chi connectivity index (χ2n) is 4.91. The summed E-state index contributed by atoms with van der Waals surface area (Å²) in [6.45, 7) is 6.79. The SMILES string of the molecule is Cc1ncsc1C(=O)NCC(C)(C)CCCCl. The number of amides is 1. The lowest BCUT2D eigenvalue weighted by molar-refractivity contribution is 0.0938. The number of carbonyl (C=O) groups excluding carboxylic acids is 1. The fourth-order valence-electron chi connectivity index (χ4n) is 1.55. The van der Waals surface area contributed by atoms with E-state index in [9.17, 15) is 4.79 Å². The van der Waals surface area contributed by atoms with E-state index in [1.165, 1.54) is 11.3 Å². The Kier molecular flexibility index (Phi) is 5.40. The van der Waals surface area contributed by atoms with Crippen molar-refractivity contribution in [2.45, 2.75) is 33.6 Å². The van der Waals surface area contributed by atoms with Crippen LogP contribution >= 0.6 is 22.9 Å². The molecule has 0 saturated heterocycles. The number of hydrogen-bond acceptors (Lipinski definition) is 3. The largest absolute Gasteiger partial charge is 0.351 e. The predicted octanol–water partition coefficient (Wildman–Crippen LogP) is 3.23. The van der Waals surface area contributed by atoms with E-state index >= 15 is 0 Å². The summed E-state index contributed by atoms with van der Waals surface area (Å²) in [5, 5.41) is 2.96. The van der Waals surface area contributed by atoms with Crippen LogP contribution in [0.3, 0.4) is 0 Å². The molecule has 0 aliphatic carbocycles. The Morgan fingerprint density at radius 2 is 2.29 bits per heavy atom. The van der Waals surface area contributed by atoms with E-state index < -0.39 is 0 Å². The number of nitrogens with zero attached hydrogens (tertiary/aromatic N) is 1. The van der Waals surface area contributed by atoms with Crippen molar-refractivity contribution in [1.82, 2.24) is 10.3 Å². The molecule has 17 heavy (non-hydrogen) atoms. The van der Waals surface area contributed by atoms with Gasteiger partial charge in [0.1, 0.15) is 4.88 Å². The molecule has 0 unspecified atom stereocenters. The van der Waals surface area contributed by atoms with Crippen LogP contribution in [0.15, 0.2) is 5.51 Å². The maximum absolute atomic E-state index is 11.9. The summed E-state index contributed by atoms with van der Waals surface area (Å²) in [4.78, 5) is 16.7. The zero-order valence-corrected chi connectivity index (χ0v) is 12.1. The van der Waals surface area contributed by atoms with Gasteiger partial charge in [0, 0.05) is 12.4 Å². The molecule has 1 aromatic heterocycles. The molecule has 0 radical (unpaired) electrons. The summed E-state index contributed by atoms with van der Waals surface area (Å²) in [7, 11) is 0. The Balaban J connectivity index is 2.45. The monoisotopic (exact) mass is 274 g/mol. The molecule has 3 nitrogen and oxygen atoms in total. The van der Waals surface area contributed by atoms with Gasteiger partial charge < -0.3 is 5.32 Å². The molecule has 0 aromatic carbocycles. The van der Waals surface area contributed by atoms with Crippen molar-refractivity contribution in [2.24, 2.45) is 5.41 Å². The number of alkyl halides is 1. The molecule has 0 bridgehead atoms. The fourth-order valence-corrected chi connectivity index (χ4v) is 2.41. The van der Waals surface area contributed by atoms with Crippen LogP contribution in [0, 0.1) is 12.3 Å². The fraction of sp³-hybridized carbons (Fsp3) is 0.667. The molecule has 1 rings (SSSR count). The third-order valence-corrected chi connectivity index (χ3v) is 3.86. The zero-order valence-electron chi connectivity index (χ0n) is 10.5. The third kappa shape index (κ3) is 4.64. The van der Waals surface area contributed by atoms with Gasteiger partial charge in [-0.2, -0.15) is 0 Å². The lowest BCUT2D eigenvalue weighted by Gasteiger charge is -2.24. The summed E-state index contributed by atoms with van der Waals surface area (Å²) in [6, 6.07) is 0. The highest BCUT2D eigenvalue weighted by Crippen LogP contribution is 2.22. The Morgan fingerprint density at radius 3 is 2.82 bits per heavy atom. The lowest BCUT2D eigenvalue weighted by Crippen LogP contribution is -2.34. The topological polar surface area (TPSA) is 42.0 Å². The van der Waals surface area contributed by atoms with Gasteiger partial charge in [-0.1, -0.05) is 13.8 Å². The molecule has 0 fully saturated rings. The second-order valence-corrected chi connectivity index (χ2v) is 6.14. The number of nitrogens with one attached hydrogen (secondary N) is 1. The van der Waals surface area contributed by atoms with Gasteiger partial charge in [0.2, 0.25) is 0 Å². The van der Waals surface area contributed by atoms with Crippen LogP contribution < -0.4 is 5.32 Å². The van der Waals surface area contributed by atoms with Gasteiger partial charge in [0.25, 0.3) is 5.91 Å². The van der Waals surface area contributed by atoms with Crippen LogP contribution in [-0.4, -0.2) is 23.3 Å². The van der Waals surface area contributed by atoms with Gasteiger partial charge in [0.05, 0.1) is 11.2 Å². The summed E-state index contributed by atoms with van der Waals surface area (Å²) in [5.41, 5.74) is 2.58. The van der Waals surface area contributed by atoms with Crippen LogP contribution in [0.4, 0.5) is 0 Å². The van der Waals surface area contributed by atoms with Gasteiger partial charge in [0.15, 0.2) is 0 Å². The molecular formula is C12H19ClN2OS. The van der Waals surface area contributed by atoms with E-state index in [4.69, 9.17) is 11.6 Å². The van der Waals surface area contributed by atoms with E-state index in [-0.39, 0.29) is 11.3 Å². The molecule has 1 amide bonds. The number of carbonyl (C=O) groups is 1. The minimum atomic E-state index is -0.0241. The lowest BCUT2D eigenvalue weighted by atomic mass is 9.88. The first kappa shape index (κ1) is 14.5. The van der Waals surface area contributed by atoms with Crippen LogP contribution in [0.1, 0.15) is 42.1 Å². The zero-order chi connectivity index (χ0) is 12.9. The molecule has 96 valence electrons. The van der Waals surface area contributed by atoms with Gasteiger partial charge in [-0.25, -0.2) is 4.98 Å². The minimum absolute atomic E-state index is 0.0241. The smallest absolute Gasteiger partial charge is 0.263 e. The maximum Gasteiger partial charge on any atom is 0.263 e. The van der Waals surface area contributed by atoms with Crippen molar-refractivity contribution >= 4 is 28.8 Å². The first-order chi connectivity index (χ1) is 7.96. The van der Waals surface area contributed by atoms with Crippen LogP contribution in [0.5, 0.6) is 0 Å². The predicted molar refractivity (Wildman–Crippen MR) is 72.9 cm³/mol. The van der Waals surface area contributed by atoms with E-state index in [2.05, 4.69) is 24.1 Å². The molecule has 1 aromatic rings. The average molecular weight is 275 g/mol. The first-order valence-corrected chi connectivity index (χ1v) is 7.12. The van der Waals surface area contributed by atoms with Crippen molar-refractivity contribution < 1.29 is 4.79 Å². The average Bonchev–Trinajstić information content (AvgIpc) is 2.70. The summed E-state index contributed by atoms with van der Waals surface area (Å²) >= 11 is 7.06. The Bertz CT molecular complexity index is 376. The molecule has 5 heteroatoms. The van der Waals surface area contributed by atoms with Crippen LogP contribution in [0.2, 0.25) is 0 Å². The highest BCUT2D eigenvalue weighted by Gasteiger charge is 2.19. The number of aromatic nitrogens is 1. The van der Waals surface area contributed by atoms with E-state index in [0.29, 0.717) is 17.3 Å². The number of rotatable bonds is 6. The molecule has 0 aliphatic heterocycles. The van der Waals surface area contributed by atoms with Crippen molar-refractivity contribution in [1.29, 1.82) is 0 Å². The van der Waals surface area contributed by atoms with E-state index in [0.717, 1.165) is 18.5 Å². The summed E-state index contributed by atoms with van der Waals surface area (Å²) < 4.78 is 0. The first-order valence-electron chi connectivity index (χ1n) is 5.70. The van der Waals surface area contributed by atoms with Crippen molar-refractivity contribution in [2.75, 3.05) is 12.4 Å². The van der Waals surface area contributed by atoms with E-state index in [1.54, 1.807) is 5.51 Å². The van der Waals surface area contributed by atoms with Crippen molar-refractivity contribution in [3.05, 3.63) is 16.1 Å². The second kappa shape index (κ2) is 6.36. The van der Waals surface area contributed by atoms with E-state index in [1.807, 2.05) is 6.92 Å². The van der Waals surface area contributed by atoms with Crippen molar-refractivity contribution in [3.8, 4) is 0 Å². The Labute approximate surface area is 112 Å². The molecule has 1 N–H and O–H groups in total. The maximum atomic E-state index is 11.9. The summed E-state index contributed by atoms with van der Waals surface area (Å²) in [6.07, 6.45) is 1.99. The molecule has 0 saturated carbocycles. The number of hydrogen-bond donors (Lipinski definition) is 1. The van der Waals surface area contributed by atoms with Gasteiger partial charge in [-0.3, -0.25) is 4.79 Å². The van der Waals surface area contributed by atoms with Gasteiger partial charge >= 0.3 is 0 Å². The number of aryl methyl sites for hydroxylation is 1. The van der Waals surface area contributed by atoms with Crippen molar-refractivity contribution in [3.63, 3.8) is 0 Å². The number of halogens is 1. The highest BCUT2D eigenvalue weighted by atomic mass is 35.5. The quantitative estimate of drug-likeness (QED) is 0.810. The van der Waals surface area contributed by atoms with Gasteiger partial charge in [-0.15, -0.1) is 22.9 Å². The van der Waals surface area contributed by atoms with Crippen LogP contribution in [-0.2, 0) is 0 Å². The molecular weight excluding hydrogens is 256 g/mol. The standard InChI is InChI=1S/C12H19ClN2OS/c1-9-10(17-8-15-9)11(16)14-7-12(2,3)5-4-6-13/h8H,4-7H2,1-3H3,(H,14,16). The normalized spacial score (nSPS) is 11.5. The Morgan fingerprint density at radius 1 is 1.59 bits per heavy atom. The molecule has 0 spiro atoms. The van der Waals surface area contributed by atoms with Crippen LogP contribution in [0.25, 0.3) is 0 Å². The highest BCUT2D eigenvalue weighted by molar-refractivity contribution is 7.11. The van der Waals surface area contributed by atoms with Gasteiger partial charge in [-0.05, 0) is 25.2 Å². The molecule has 0 atom stereocenters. The molecule has 1 heterocycles. The minimum Gasteiger partial charge on any atom is -0.351 e. The third-order valence-electron chi connectivity index (χ3n) is 2.67. The number of thiazole rings is 1. The summed E-state index contributed by atoms with van der Waals surface area (Å²) in [5.74, 6) is 0.648. The molecule has 0 aliphatic rings. The Hall–Kier alpha value is -0.610.